The fraction of sp³-hybridized carbons (Fsp3) is 0.538. The Morgan fingerprint density at radius 3 is 2.58 bits per heavy atom. The topological polar surface area (TPSA) is 49.4 Å². The average molecular weight is 394 g/mol. The molecule has 1 aromatic carbocycles. The van der Waals surface area contributed by atoms with Crippen LogP contribution < -0.4 is 4.72 Å². The van der Waals surface area contributed by atoms with Gasteiger partial charge in [0.15, 0.2) is 0 Å². The van der Waals surface area contributed by atoms with Crippen LogP contribution in [0.25, 0.3) is 0 Å². The molecule has 1 heterocycles. The summed E-state index contributed by atoms with van der Waals surface area (Å²) in [6.07, 6.45) is 1.87. The van der Waals surface area contributed by atoms with E-state index in [9.17, 15) is 8.42 Å². The lowest BCUT2D eigenvalue weighted by atomic mass is 10.0. The summed E-state index contributed by atoms with van der Waals surface area (Å²) in [6.45, 7) is 5.30. The molecule has 0 bridgehead atoms. The monoisotopic (exact) mass is 394 g/mol. The fourth-order valence-corrected chi connectivity index (χ4v) is 3.94. The highest BCUT2D eigenvalue weighted by Gasteiger charge is 2.26. The first kappa shape index (κ1) is 15.1. The summed E-state index contributed by atoms with van der Waals surface area (Å²) in [5, 5.41) is 0. The van der Waals surface area contributed by atoms with Crippen molar-refractivity contribution in [2.45, 2.75) is 26.7 Å². The molecule has 0 aliphatic carbocycles. The van der Waals surface area contributed by atoms with Gasteiger partial charge in [0.1, 0.15) is 0 Å². The van der Waals surface area contributed by atoms with Gasteiger partial charge < -0.3 is 0 Å². The van der Waals surface area contributed by atoms with E-state index in [-0.39, 0.29) is 0 Å². The van der Waals surface area contributed by atoms with Crippen LogP contribution in [0.5, 0.6) is 0 Å². The minimum atomic E-state index is -3.42. The van der Waals surface area contributed by atoms with Crippen molar-refractivity contribution >= 4 is 38.5 Å². The maximum atomic E-state index is 12.3. The third kappa shape index (κ3) is 3.82. The number of anilines is 1. The highest BCUT2D eigenvalue weighted by atomic mass is 127. The van der Waals surface area contributed by atoms with Crippen LogP contribution in [0.3, 0.4) is 0 Å². The lowest BCUT2D eigenvalue weighted by Gasteiger charge is -2.29. The van der Waals surface area contributed by atoms with Gasteiger partial charge in [0, 0.05) is 16.7 Å². The van der Waals surface area contributed by atoms with E-state index in [1.54, 1.807) is 4.31 Å². The smallest absolute Gasteiger partial charge is 0.271 e. The molecule has 1 aromatic rings. The van der Waals surface area contributed by atoms with Crippen LogP contribution >= 0.6 is 22.6 Å². The van der Waals surface area contributed by atoms with Gasteiger partial charge in [-0.15, -0.1) is 0 Å². The molecular formula is C13H19IN2O2S. The van der Waals surface area contributed by atoms with Gasteiger partial charge in [-0.1, -0.05) is 13.0 Å². The first-order chi connectivity index (χ1) is 8.88. The summed E-state index contributed by atoms with van der Waals surface area (Å²) in [5.41, 5.74) is 1.61. The average Bonchev–Trinajstić information content (AvgIpc) is 2.34. The fourth-order valence-electron chi connectivity index (χ4n) is 2.13. The van der Waals surface area contributed by atoms with Crippen molar-refractivity contribution in [3.8, 4) is 0 Å². The Kier molecular flexibility index (Phi) is 4.73. The van der Waals surface area contributed by atoms with E-state index in [4.69, 9.17) is 0 Å². The van der Waals surface area contributed by atoms with Crippen LogP contribution in [0, 0.1) is 16.4 Å². The summed E-state index contributed by atoms with van der Waals surface area (Å²) in [4.78, 5) is 0. The van der Waals surface area contributed by atoms with Crippen molar-refractivity contribution < 1.29 is 8.42 Å². The van der Waals surface area contributed by atoms with Crippen LogP contribution in [0.15, 0.2) is 18.2 Å². The second-order valence-corrected chi connectivity index (χ2v) is 8.06. The molecule has 2 rings (SSSR count). The number of nitrogens with one attached hydrogen (secondary N) is 1. The van der Waals surface area contributed by atoms with Crippen molar-refractivity contribution in [2.75, 3.05) is 17.8 Å². The Bertz CT molecular complexity index is 552. The van der Waals surface area contributed by atoms with Gasteiger partial charge in [-0.2, -0.15) is 12.7 Å². The predicted molar refractivity (Wildman–Crippen MR) is 86.4 cm³/mol. The standard InChI is InChI=1S/C13H19IN2O2S/c1-10-5-7-16(8-6-10)19(17,18)15-13-9-12(14)4-3-11(13)2/h3-4,9-10,15H,5-8H2,1-2H3. The molecule has 6 heteroatoms. The zero-order valence-corrected chi connectivity index (χ0v) is 14.2. The molecule has 0 radical (unpaired) electrons. The van der Waals surface area contributed by atoms with Gasteiger partial charge in [0.2, 0.25) is 0 Å². The molecular weight excluding hydrogens is 375 g/mol. The Morgan fingerprint density at radius 2 is 1.95 bits per heavy atom. The molecule has 1 fully saturated rings. The van der Waals surface area contributed by atoms with E-state index in [0.717, 1.165) is 22.0 Å². The van der Waals surface area contributed by atoms with Gasteiger partial charge in [-0.05, 0) is 66.0 Å². The number of benzene rings is 1. The summed E-state index contributed by atoms with van der Waals surface area (Å²) in [7, 11) is -3.42. The molecule has 19 heavy (non-hydrogen) atoms. The number of hydrogen-bond donors (Lipinski definition) is 1. The molecule has 0 saturated carbocycles. The van der Waals surface area contributed by atoms with Crippen LogP contribution in [0.4, 0.5) is 5.69 Å². The maximum Gasteiger partial charge on any atom is 0.301 e. The molecule has 1 aliphatic rings. The summed E-state index contributed by atoms with van der Waals surface area (Å²) < 4.78 is 29.9. The third-order valence-corrected chi connectivity index (χ3v) is 5.71. The van der Waals surface area contributed by atoms with E-state index in [0.29, 0.717) is 24.7 Å². The van der Waals surface area contributed by atoms with Gasteiger partial charge in [-0.25, -0.2) is 0 Å². The van der Waals surface area contributed by atoms with E-state index < -0.39 is 10.2 Å². The van der Waals surface area contributed by atoms with E-state index in [2.05, 4.69) is 34.2 Å². The van der Waals surface area contributed by atoms with Gasteiger partial charge in [0.05, 0.1) is 5.69 Å². The first-order valence-electron chi connectivity index (χ1n) is 6.42. The number of piperidine rings is 1. The molecule has 1 N–H and O–H groups in total. The van der Waals surface area contributed by atoms with Crippen molar-refractivity contribution in [1.29, 1.82) is 0 Å². The predicted octanol–water partition coefficient (Wildman–Crippen LogP) is 2.99. The SMILES string of the molecule is Cc1ccc(I)cc1NS(=O)(=O)N1CCC(C)CC1. The number of nitrogens with zero attached hydrogens (tertiary/aromatic N) is 1. The van der Waals surface area contributed by atoms with Crippen LogP contribution in [0.1, 0.15) is 25.3 Å². The molecule has 0 atom stereocenters. The maximum absolute atomic E-state index is 12.3. The second kappa shape index (κ2) is 5.97. The van der Waals surface area contributed by atoms with Gasteiger partial charge in [-0.3, -0.25) is 4.72 Å². The quantitative estimate of drug-likeness (QED) is 0.802. The summed E-state index contributed by atoms with van der Waals surface area (Å²) in [6, 6.07) is 5.76. The normalized spacial score (nSPS) is 18.5. The third-order valence-electron chi connectivity index (χ3n) is 3.52. The van der Waals surface area contributed by atoms with E-state index >= 15 is 0 Å². The molecule has 0 aromatic heterocycles. The van der Waals surface area contributed by atoms with Gasteiger partial charge in [0.25, 0.3) is 0 Å². The van der Waals surface area contributed by atoms with Crippen molar-refractivity contribution in [3.05, 3.63) is 27.3 Å². The van der Waals surface area contributed by atoms with Crippen molar-refractivity contribution in [2.24, 2.45) is 5.92 Å². The second-order valence-electron chi connectivity index (χ2n) is 5.15. The van der Waals surface area contributed by atoms with Crippen LogP contribution in [-0.2, 0) is 10.2 Å². The van der Waals surface area contributed by atoms with E-state index in [1.807, 2.05) is 25.1 Å². The highest BCUT2D eigenvalue weighted by Crippen LogP contribution is 2.23. The lowest BCUT2D eigenvalue weighted by Crippen LogP contribution is -2.41. The molecule has 0 unspecified atom stereocenters. The highest BCUT2D eigenvalue weighted by molar-refractivity contribution is 14.1. The van der Waals surface area contributed by atoms with Crippen molar-refractivity contribution in [3.63, 3.8) is 0 Å². The number of hydrogen-bond acceptors (Lipinski definition) is 2. The Hall–Kier alpha value is -0.340. The molecule has 0 spiro atoms. The summed E-state index contributed by atoms with van der Waals surface area (Å²) >= 11 is 2.18. The van der Waals surface area contributed by atoms with Crippen LogP contribution in [0.2, 0.25) is 0 Å². The minimum Gasteiger partial charge on any atom is -0.271 e. The summed E-state index contributed by atoms with van der Waals surface area (Å²) in [5.74, 6) is 0.617. The Morgan fingerprint density at radius 1 is 1.32 bits per heavy atom. The Labute approximate surface area is 128 Å². The zero-order valence-electron chi connectivity index (χ0n) is 11.2. The minimum absolute atomic E-state index is 0.611. The van der Waals surface area contributed by atoms with Crippen LogP contribution in [-0.4, -0.2) is 25.8 Å². The number of rotatable bonds is 3. The number of aryl methyl sites for hydroxylation is 1. The van der Waals surface area contributed by atoms with Crippen molar-refractivity contribution in [1.82, 2.24) is 4.31 Å². The van der Waals surface area contributed by atoms with E-state index in [1.165, 1.54) is 0 Å². The first-order valence-corrected chi connectivity index (χ1v) is 8.94. The van der Waals surface area contributed by atoms with Gasteiger partial charge >= 0.3 is 10.2 Å². The molecule has 0 amide bonds. The lowest BCUT2D eigenvalue weighted by molar-refractivity contribution is 0.289. The largest absolute Gasteiger partial charge is 0.301 e. The Balaban J connectivity index is 2.15. The number of halogens is 1. The molecule has 1 saturated heterocycles. The zero-order chi connectivity index (χ0) is 14.0. The molecule has 106 valence electrons. The molecule has 4 nitrogen and oxygen atoms in total. The molecule has 1 aliphatic heterocycles.